The van der Waals surface area contributed by atoms with Crippen molar-refractivity contribution in [1.29, 1.82) is 0 Å². The largest absolute Gasteiger partial charge is 0.432 e. The van der Waals surface area contributed by atoms with E-state index in [-0.39, 0.29) is 33.8 Å². The van der Waals surface area contributed by atoms with Crippen molar-refractivity contribution in [1.82, 2.24) is 19.5 Å². The van der Waals surface area contributed by atoms with Crippen molar-refractivity contribution in [2.75, 3.05) is 10.3 Å². The molecule has 15 heteroatoms. The second kappa shape index (κ2) is 12.7. The van der Waals surface area contributed by atoms with Gasteiger partial charge in [0, 0.05) is 34.3 Å². The Morgan fingerprint density at radius 3 is 2.53 bits per heavy atom. The lowest BCUT2D eigenvalue weighted by Crippen LogP contribution is -2.30. The molecule has 0 spiro atoms. The summed E-state index contributed by atoms with van der Waals surface area (Å²) < 4.78 is 54.8. The molecule has 2 aromatic carbocycles. The van der Waals surface area contributed by atoms with Crippen molar-refractivity contribution in [2.45, 2.75) is 38.4 Å². The number of carbonyl (C=O) groups is 1. The molecule has 2 unspecified atom stereocenters. The third kappa shape index (κ3) is 6.97. The Labute approximate surface area is 259 Å². The highest BCUT2D eigenvalue weighted by Gasteiger charge is 2.32. The molecule has 0 aliphatic carbocycles. The lowest BCUT2D eigenvalue weighted by molar-refractivity contribution is -0.119. The van der Waals surface area contributed by atoms with Gasteiger partial charge >= 0.3 is 6.18 Å². The highest BCUT2D eigenvalue weighted by molar-refractivity contribution is 6.31. The summed E-state index contributed by atoms with van der Waals surface area (Å²) >= 11 is 6.18. The summed E-state index contributed by atoms with van der Waals surface area (Å²) in [5, 5.41) is 3.75. The Morgan fingerprint density at radius 1 is 1.04 bits per heavy atom. The third-order valence-corrected chi connectivity index (χ3v) is 7.63. The van der Waals surface area contributed by atoms with Crippen LogP contribution in [0.25, 0.3) is 22.5 Å². The Bertz CT molecular complexity index is 1850. The van der Waals surface area contributed by atoms with Gasteiger partial charge in [-0.3, -0.25) is 19.2 Å². The first-order valence-electron chi connectivity index (χ1n) is 13.7. The zero-order valence-electron chi connectivity index (χ0n) is 23.7. The third-order valence-electron chi connectivity index (χ3n) is 7.40. The minimum Gasteiger partial charge on any atom is -0.393 e. The van der Waals surface area contributed by atoms with Crippen LogP contribution in [0.15, 0.2) is 77.9 Å². The molecule has 2 aromatic heterocycles. The number of anilines is 2. The number of hydrogen-bond donors (Lipinski definition) is 3. The summed E-state index contributed by atoms with van der Waals surface area (Å²) in [6, 6.07) is 10.4. The van der Waals surface area contributed by atoms with E-state index in [0.29, 0.717) is 53.1 Å². The summed E-state index contributed by atoms with van der Waals surface area (Å²) in [7, 11) is 0. The van der Waals surface area contributed by atoms with Crippen LogP contribution in [0.1, 0.15) is 37.9 Å². The SMILES string of the molecule is CC1CCCC(n2cnc(-c3cc(Cl)ccc3N(N)/C=C(\N)C(F)(F)F)cc2=O)c2cc(ncn2)-c2cc(F)ccc2NC1=O. The molecular weight excluding hydrogens is 616 g/mol. The number of hydrogen-bond acceptors (Lipinski definition) is 8. The number of allylic oxidation sites excluding steroid dienone is 1. The standard InChI is InChI=1S/C30H27ClF4N8O2/c1-16-3-2-4-26(24-11-22(38-14-39-24)19-10-18(32)6-7-21(19)41-29(16)45)42-15-40-23(12-28(42)44)20-9-17(31)5-8-25(20)43(37)13-27(36)30(33,34)35/h5-16,26H,2-4,36-37H2,1H3,(H,41,45)/b27-13-. The summed E-state index contributed by atoms with van der Waals surface area (Å²) in [5.41, 5.74) is 5.06. The zero-order chi connectivity index (χ0) is 32.5. The zero-order valence-corrected chi connectivity index (χ0v) is 24.5. The Hall–Kier alpha value is -4.82. The van der Waals surface area contributed by atoms with Crippen molar-refractivity contribution >= 4 is 28.9 Å². The van der Waals surface area contributed by atoms with Gasteiger partial charge in [0.2, 0.25) is 5.91 Å². The highest BCUT2D eigenvalue weighted by Crippen LogP contribution is 2.34. The normalized spacial score (nSPS) is 17.5. The average Bonchev–Trinajstić information content (AvgIpc) is 2.99. The van der Waals surface area contributed by atoms with Crippen molar-refractivity contribution < 1.29 is 22.4 Å². The molecule has 4 aromatic rings. The summed E-state index contributed by atoms with van der Waals surface area (Å²) in [4.78, 5) is 39.7. The number of halogens is 5. The van der Waals surface area contributed by atoms with E-state index in [2.05, 4.69) is 20.3 Å². The highest BCUT2D eigenvalue weighted by atomic mass is 35.5. The molecule has 3 heterocycles. The average molecular weight is 643 g/mol. The monoisotopic (exact) mass is 642 g/mol. The van der Waals surface area contributed by atoms with Gasteiger partial charge in [-0.15, -0.1) is 0 Å². The topological polar surface area (TPSA) is 145 Å². The lowest BCUT2D eigenvalue weighted by atomic mass is 9.96. The van der Waals surface area contributed by atoms with Gasteiger partial charge in [0.1, 0.15) is 17.8 Å². The lowest BCUT2D eigenvalue weighted by Gasteiger charge is -2.23. The number of carbonyl (C=O) groups excluding carboxylic acids is 1. The van der Waals surface area contributed by atoms with Gasteiger partial charge in [-0.1, -0.05) is 24.9 Å². The van der Waals surface area contributed by atoms with E-state index in [1.165, 1.54) is 59.7 Å². The number of fused-ring (bicyclic) bond motifs is 4. The van der Waals surface area contributed by atoms with Crippen molar-refractivity contribution in [3.05, 3.63) is 100.0 Å². The first-order valence-corrected chi connectivity index (χ1v) is 14.1. The molecule has 2 atom stereocenters. The number of aromatic nitrogens is 4. The van der Waals surface area contributed by atoms with E-state index in [0.717, 1.165) is 0 Å². The molecular formula is C30H27ClF4N8O2. The number of alkyl halides is 3. The quantitative estimate of drug-likeness (QED) is 0.149. The number of hydrazine groups is 1. The number of nitrogens with two attached hydrogens (primary N) is 2. The van der Waals surface area contributed by atoms with Crippen molar-refractivity contribution in [3.63, 3.8) is 0 Å². The van der Waals surface area contributed by atoms with Crippen LogP contribution in [-0.2, 0) is 4.79 Å². The van der Waals surface area contributed by atoms with E-state index in [1.807, 2.05) is 0 Å². The maximum absolute atomic E-state index is 14.3. The van der Waals surface area contributed by atoms with Crippen LogP contribution in [0.2, 0.25) is 5.02 Å². The molecule has 2 bridgehead atoms. The molecule has 5 rings (SSSR count). The molecule has 0 saturated carbocycles. The van der Waals surface area contributed by atoms with Crippen LogP contribution in [0.3, 0.4) is 0 Å². The van der Waals surface area contributed by atoms with E-state index in [4.69, 9.17) is 23.2 Å². The second-order valence-electron chi connectivity index (χ2n) is 10.5. The number of amides is 1. The van der Waals surface area contributed by atoms with Gasteiger partial charge in [0.15, 0.2) is 0 Å². The number of nitrogens with zero attached hydrogens (tertiary/aromatic N) is 5. The first kappa shape index (κ1) is 31.6. The molecule has 1 amide bonds. The summed E-state index contributed by atoms with van der Waals surface area (Å²) in [6.45, 7) is 1.78. The fourth-order valence-electron chi connectivity index (χ4n) is 5.00. The van der Waals surface area contributed by atoms with Crippen LogP contribution in [0.4, 0.5) is 28.9 Å². The molecule has 5 N–H and O–H groups in total. The number of benzene rings is 2. The fourth-order valence-corrected chi connectivity index (χ4v) is 5.17. The summed E-state index contributed by atoms with van der Waals surface area (Å²) in [6.07, 6.45) is -0.285. The van der Waals surface area contributed by atoms with Gasteiger partial charge in [0.25, 0.3) is 5.56 Å². The van der Waals surface area contributed by atoms with Crippen LogP contribution in [-0.4, -0.2) is 31.6 Å². The van der Waals surface area contributed by atoms with Gasteiger partial charge in [-0.05, 0) is 55.3 Å². The van der Waals surface area contributed by atoms with E-state index in [1.54, 1.807) is 13.0 Å². The maximum atomic E-state index is 14.3. The molecule has 0 saturated heterocycles. The van der Waals surface area contributed by atoms with Crippen molar-refractivity contribution in [2.24, 2.45) is 17.5 Å². The number of rotatable bonds is 4. The molecule has 234 valence electrons. The first-order chi connectivity index (χ1) is 21.3. The van der Waals surface area contributed by atoms with E-state index in [9.17, 15) is 27.2 Å². The molecule has 0 radical (unpaired) electrons. The molecule has 1 aliphatic rings. The van der Waals surface area contributed by atoms with Crippen LogP contribution in [0, 0.1) is 11.7 Å². The van der Waals surface area contributed by atoms with E-state index < -0.39 is 29.3 Å². The smallest absolute Gasteiger partial charge is 0.393 e. The molecule has 10 nitrogen and oxygen atoms in total. The Kier molecular flexibility index (Phi) is 8.89. The molecule has 0 fully saturated rings. The van der Waals surface area contributed by atoms with E-state index >= 15 is 0 Å². The van der Waals surface area contributed by atoms with Gasteiger partial charge < -0.3 is 11.1 Å². The maximum Gasteiger partial charge on any atom is 0.432 e. The van der Waals surface area contributed by atoms with Crippen molar-refractivity contribution in [3.8, 4) is 22.5 Å². The van der Waals surface area contributed by atoms with Gasteiger partial charge in [0.05, 0.1) is 40.8 Å². The Balaban J connectivity index is 1.58. The second-order valence-corrected chi connectivity index (χ2v) is 11.0. The van der Waals surface area contributed by atoms with Crippen LogP contribution >= 0.6 is 11.6 Å². The van der Waals surface area contributed by atoms with Gasteiger partial charge in [-0.25, -0.2) is 25.2 Å². The van der Waals surface area contributed by atoms with Gasteiger partial charge in [-0.2, -0.15) is 13.2 Å². The van der Waals surface area contributed by atoms with Crippen LogP contribution < -0.4 is 27.5 Å². The fraction of sp³-hybridized carbons (Fsp3) is 0.233. The minimum atomic E-state index is -4.81. The summed E-state index contributed by atoms with van der Waals surface area (Å²) in [5.74, 6) is 4.75. The predicted molar refractivity (Wildman–Crippen MR) is 161 cm³/mol. The minimum absolute atomic E-state index is 0.0564. The molecule has 1 aliphatic heterocycles. The molecule has 45 heavy (non-hydrogen) atoms. The Morgan fingerprint density at radius 2 is 1.80 bits per heavy atom. The van der Waals surface area contributed by atoms with Crippen LogP contribution in [0.5, 0.6) is 0 Å². The predicted octanol–water partition coefficient (Wildman–Crippen LogP) is 5.55. The number of nitrogens with one attached hydrogen (secondary N) is 1.